The molecule has 1 aromatic carbocycles. The quantitative estimate of drug-likeness (QED) is 0.738. The molecule has 27 heavy (non-hydrogen) atoms. The molecule has 5 heteroatoms. The van der Waals surface area contributed by atoms with Crippen molar-refractivity contribution in [3.05, 3.63) is 57.8 Å². The summed E-state index contributed by atoms with van der Waals surface area (Å²) in [5.41, 5.74) is 0.963. The summed E-state index contributed by atoms with van der Waals surface area (Å²) in [6.45, 7) is 6.82. The van der Waals surface area contributed by atoms with Crippen molar-refractivity contribution in [1.82, 2.24) is 10.2 Å². The Bertz CT molecular complexity index is 753. The summed E-state index contributed by atoms with van der Waals surface area (Å²) in [6, 6.07) is 13.7. The highest BCUT2D eigenvalue weighted by atomic mass is 32.1. The van der Waals surface area contributed by atoms with Crippen molar-refractivity contribution in [1.29, 1.82) is 0 Å². The SMILES string of the molecule is Cc1ccc(CNC(C(=O)OCC2CN3CCC2CC3)c2ccccc2)s1. The first-order valence-corrected chi connectivity index (χ1v) is 10.7. The Balaban J connectivity index is 1.39. The lowest BCUT2D eigenvalue weighted by Gasteiger charge is -2.44. The van der Waals surface area contributed by atoms with Gasteiger partial charge in [0.2, 0.25) is 0 Å². The fraction of sp³-hybridized carbons (Fsp3) is 0.500. The number of carbonyl (C=O) groups is 1. The van der Waals surface area contributed by atoms with E-state index in [9.17, 15) is 4.79 Å². The fourth-order valence-electron chi connectivity index (χ4n) is 4.31. The highest BCUT2D eigenvalue weighted by Gasteiger charge is 2.35. The number of fused-ring (bicyclic) bond motifs is 3. The number of nitrogens with zero attached hydrogens (tertiary/aromatic N) is 1. The Morgan fingerprint density at radius 3 is 2.63 bits per heavy atom. The Morgan fingerprint density at radius 2 is 2.00 bits per heavy atom. The van der Waals surface area contributed by atoms with Crippen LogP contribution in [0.3, 0.4) is 0 Å². The standard InChI is InChI=1S/C22H28N2O2S/c1-16-7-8-20(27-16)13-23-21(18-5-3-2-4-6-18)22(25)26-15-19-14-24-11-9-17(19)10-12-24/h2-8,17,19,21,23H,9-15H2,1H3. The Morgan fingerprint density at radius 1 is 1.22 bits per heavy atom. The van der Waals surface area contributed by atoms with Crippen LogP contribution in [0.2, 0.25) is 0 Å². The molecule has 2 unspecified atom stereocenters. The number of aryl methyl sites for hydroxylation is 1. The van der Waals surface area contributed by atoms with E-state index in [1.165, 1.54) is 35.7 Å². The molecule has 3 aliphatic heterocycles. The van der Waals surface area contributed by atoms with E-state index < -0.39 is 6.04 Å². The maximum atomic E-state index is 12.9. The van der Waals surface area contributed by atoms with E-state index in [4.69, 9.17) is 4.74 Å². The first-order valence-electron chi connectivity index (χ1n) is 9.91. The van der Waals surface area contributed by atoms with Crippen LogP contribution in [-0.2, 0) is 16.1 Å². The van der Waals surface area contributed by atoms with Gasteiger partial charge in [0.1, 0.15) is 6.04 Å². The van der Waals surface area contributed by atoms with Crippen LogP contribution in [0.5, 0.6) is 0 Å². The third kappa shape index (κ3) is 4.60. The van der Waals surface area contributed by atoms with Crippen molar-refractivity contribution in [3.8, 4) is 0 Å². The van der Waals surface area contributed by atoms with Crippen molar-refractivity contribution in [3.63, 3.8) is 0 Å². The molecule has 2 aromatic rings. The first-order chi connectivity index (χ1) is 13.2. The number of benzene rings is 1. The molecule has 4 nitrogen and oxygen atoms in total. The van der Waals surface area contributed by atoms with Gasteiger partial charge in [0.25, 0.3) is 0 Å². The Kier molecular flexibility index (Phi) is 5.91. The van der Waals surface area contributed by atoms with E-state index in [2.05, 4.69) is 29.3 Å². The zero-order chi connectivity index (χ0) is 18.6. The van der Waals surface area contributed by atoms with Gasteiger partial charge in [0.05, 0.1) is 6.61 Å². The smallest absolute Gasteiger partial charge is 0.327 e. The molecule has 0 spiro atoms. The number of nitrogens with one attached hydrogen (secondary N) is 1. The number of ether oxygens (including phenoxy) is 1. The van der Waals surface area contributed by atoms with Gasteiger partial charge in [-0.3, -0.25) is 5.32 Å². The number of thiophene rings is 1. The van der Waals surface area contributed by atoms with Gasteiger partial charge in [0, 0.05) is 28.8 Å². The number of esters is 1. The summed E-state index contributed by atoms with van der Waals surface area (Å²) < 4.78 is 5.82. The van der Waals surface area contributed by atoms with Crippen molar-refractivity contribution in [2.75, 3.05) is 26.2 Å². The molecule has 144 valence electrons. The van der Waals surface area contributed by atoms with Gasteiger partial charge in [-0.25, -0.2) is 4.79 Å². The fourth-order valence-corrected chi connectivity index (χ4v) is 5.16. The minimum Gasteiger partial charge on any atom is -0.464 e. The molecule has 1 N–H and O–H groups in total. The minimum absolute atomic E-state index is 0.161. The second-order valence-electron chi connectivity index (χ2n) is 7.77. The molecular weight excluding hydrogens is 356 g/mol. The van der Waals surface area contributed by atoms with Gasteiger partial charge >= 0.3 is 5.97 Å². The topological polar surface area (TPSA) is 41.6 Å². The lowest BCUT2D eigenvalue weighted by atomic mass is 9.79. The Hall–Kier alpha value is -1.69. The van der Waals surface area contributed by atoms with E-state index >= 15 is 0 Å². The van der Waals surface area contributed by atoms with Crippen molar-refractivity contribution < 1.29 is 9.53 Å². The molecule has 1 aromatic heterocycles. The van der Waals surface area contributed by atoms with Crippen LogP contribution in [0, 0.1) is 18.8 Å². The summed E-state index contributed by atoms with van der Waals surface area (Å²) in [7, 11) is 0. The normalized spacial score (nSPS) is 25.3. The maximum absolute atomic E-state index is 12.9. The molecular formula is C22H28N2O2S. The van der Waals surface area contributed by atoms with Gasteiger partial charge in [-0.1, -0.05) is 30.3 Å². The monoisotopic (exact) mass is 384 g/mol. The van der Waals surface area contributed by atoms with Crippen molar-refractivity contribution in [2.45, 2.75) is 32.4 Å². The summed E-state index contributed by atoms with van der Waals surface area (Å²) in [5, 5.41) is 3.41. The maximum Gasteiger partial charge on any atom is 0.327 e. The van der Waals surface area contributed by atoms with Gasteiger partial charge in [-0.05, 0) is 56.5 Å². The van der Waals surface area contributed by atoms with E-state index in [1.54, 1.807) is 11.3 Å². The number of hydrogen-bond donors (Lipinski definition) is 1. The molecule has 2 atom stereocenters. The molecule has 2 bridgehead atoms. The summed E-state index contributed by atoms with van der Waals surface area (Å²) in [5.74, 6) is 1.05. The largest absolute Gasteiger partial charge is 0.464 e. The van der Waals surface area contributed by atoms with E-state index in [0.717, 1.165) is 18.0 Å². The Labute approximate surface area is 165 Å². The molecule has 3 fully saturated rings. The minimum atomic E-state index is -0.422. The third-order valence-corrected chi connectivity index (χ3v) is 6.88. The molecule has 5 rings (SSSR count). The highest BCUT2D eigenvalue weighted by molar-refractivity contribution is 7.11. The predicted molar refractivity (Wildman–Crippen MR) is 109 cm³/mol. The number of rotatable bonds is 7. The van der Waals surface area contributed by atoms with Crippen LogP contribution >= 0.6 is 11.3 Å². The van der Waals surface area contributed by atoms with Crippen LogP contribution in [0.4, 0.5) is 0 Å². The van der Waals surface area contributed by atoms with Gasteiger partial charge < -0.3 is 9.64 Å². The average Bonchev–Trinajstić information content (AvgIpc) is 3.13. The summed E-state index contributed by atoms with van der Waals surface area (Å²) in [6.07, 6.45) is 2.50. The van der Waals surface area contributed by atoms with Crippen LogP contribution < -0.4 is 5.32 Å². The van der Waals surface area contributed by atoms with E-state index in [0.29, 0.717) is 19.1 Å². The molecule has 0 radical (unpaired) electrons. The van der Waals surface area contributed by atoms with Gasteiger partial charge in [-0.2, -0.15) is 0 Å². The van der Waals surface area contributed by atoms with E-state index in [-0.39, 0.29) is 5.97 Å². The van der Waals surface area contributed by atoms with Gasteiger partial charge in [0.15, 0.2) is 0 Å². The molecule has 3 saturated heterocycles. The molecule has 0 amide bonds. The molecule has 4 heterocycles. The number of piperidine rings is 3. The second kappa shape index (κ2) is 8.55. The summed E-state index contributed by atoms with van der Waals surface area (Å²) in [4.78, 5) is 17.9. The van der Waals surface area contributed by atoms with Crippen molar-refractivity contribution in [2.24, 2.45) is 11.8 Å². The molecule has 0 saturated carbocycles. The van der Waals surface area contributed by atoms with Gasteiger partial charge in [-0.15, -0.1) is 11.3 Å². The predicted octanol–water partition coefficient (Wildman–Crippen LogP) is 3.77. The number of carbonyl (C=O) groups excluding carboxylic acids is 1. The third-order valence-electron chi connectivity index (χ3n) is 5.88. The van der Waals surface area contributed by atoms with Crippen LogP contribution in [-0.4, -0.2) is 37.1 Å². The van der Waals surface area contributed by atoms with Crippen LogP contribution in [0.15, 0.2) is 42.5 Å². The second-order valence-corrected chi connectivity index (χ2v) is 9.14. The van der Waals surface area contributed by atoms with Crippen LogP contribution in [0.25, 0.3) is 0 Å². The summed E-state index contributed by atoms with van der Waals surface area (Å²) >= 11 is 1.76. The lowest BCUT2D eigenvalue weighted by Crippen LogP contribution is -2.49. The highest BCUT2D eigenvalue weighted by Crippen LogP contribution is 2.32. The van der Waals surface area contributed by atoms with Crippen LogP contribution in [0.1, 0.15) is 34.2 Å². The lowest BCUT2D eigenvalue weighted by molar-refractivity contribution is -0.150. The first kappa shape index (κ1) is 18.7. The molecule has 3 aliphatic rings. The number of hydrogen-bond acceptors (Lipinski definition) is 5. The average molecular weight is 385 g/mol. The molecule has 0 aliphatic carbocycles. The zero-order valence-electron chi connectivity index (χ0n) is 15.9. The zero-order valence-corrected chi connectivity index (χ0v) is 16.7. The van der Waals surface area contributed by atoms with Crippen molar-refractivity contribution >= 4 is 17.3 Å². The van der Waals surface area contributed by atoms with E-state index in [1.807, 2.05) is 30.3 Å².